The van der Waals surface area contributed by atoms with Crippen LogP contribution in [0.25, 0.3) is 0 Å². The van der Waals surface area contributed by atoms with Gasteiger partial charge >= 0.3 is 0 Å². The summed E-state index contributed by atoms with van der Waals surface area (Å²) in [4.78, 5) is 0. The van der Waals surface area contributed by atoms with E-state index in [0.717, 1.165) is 35.7 Å². The van der Waals surface area contributed by atoms with Crippen molar-refractivity contribution < 1.29 is 4.74 Å². The van der Waals surface area contributed by atoms with Crippen molar-refractivity contribution in [3.8, 4) is 5.75 Å². The predicted molar refractivity (Wildman–Crippen MR) is 93.7 cm³/mol. The van der Waals surface area contributed by atoms with Crippen molar-refractivity contribution >= 4 is 11.6 Å². The summed E-state index contributed by atoms with van der Waals surface area (Å²) < 4.78 is 5.80. The Bertz CT molecular complexity index is 568. The Morgan fingerprint density at radius 2 is 1.86 bits per heavy atom. The standard InChI is InChI=1S/C19H24ClNO/c1-3-21-15(2)7-8-16-9-11-19(12-10-16)22-14-17-5-4-6-18(20)13-17/h4-6,9-13,15,21H,3,7-8,14H2,1-2H3. The third-order valence-electron chi connectivity index (χ3n) is 3.64. The van der Waals surface area contributed by atoms with Gasteiger partial charge in [0.25, 0.3) is 0 Å². The second-order valence-electron chi connectivity index (χ2n) is 5.56. The van der Waals surface area contributed by atoms with Gasteiger partial charge < -0.3 is 10.1 Å². The predicted octanol–water partition coefficient (Wildman–Crippen LogP) is 4.85. The number of hydrogen-bond donors (Lipinski definition) is 1. The minimum atomic E-state index is 0.539. The molecule has 0 saturated carbocycles. The summed E-state index contributed by atoms with van der Waals surface area (Å²) in [6, 6.07) is 16.7. The molecule has 3 heteroatoms. The molecule has 2 aromatic rings. The van der Waals surface area contributed by atoms with Crippen LogP contribution in [-0.4, -0.2) is 12.6 Å². The molecule has 0 spiro atoms. The highest BCUT2D eigenvalue weighted by Crippen LogP contribution is 2.17. The van der Waals surface area contributed by atoms with Gasteiger partial charge in [0.1, 0.15) is 12.4 Å². The van der Waals surface area contributed by atoms with Gasteiger partial charge in [0, 0.05) is 11.1 Å². The van der Waals surface area contributed by atoms with Gasteiger partial charge in [-0.15, -0.1) is 0 Å². The third kappa shape index (κ3) is 5.70. The minimum absolute atomic E-state index is 0.539. The second kappa shape index (κ2) is 8.82. The molecule has 22 heavy (non-hydrogen) atoms. The van der Waals surface area contributed by atoms with Gasteiger partial charge in [0.05, 0.1) is 0 Å². The van der Waals surface area contributed by atoms with E-state index < -0.39 is 0 Å². The number of benzene rings is 2. The molecule has 0 aromatic heterocycles. The molecule has 2 nitrogen and oxygen atoms in total. The zero-order valence-electron chi connectivity index (χ0n) is 13.3. The quantitative estimate of drug-likeness (QED) is 0.751. The third-order valence-corrected chi connectivity index (χ3v) is 3.87. The van der Waals surface area contributed by atoms with E-state index in [1.165, 1.54) is 5.56 Å². The summed E-state index contributed by atoms with van der Waals surface area (Å²) in [6.07, 6.45) is 2.24. The SMILES string of the molecule is CCNC(C)CCc1ccc(OCc2cccc(Cl)c2)cc1. The van der Waals surface area contributed by atoms with Crippen molar-refractivity contribution in [2.24, 2.45) is 0 Å². The van der Waals surface area contributed by atoms with Crippen molar-refractivity contribution in [3.63, 3.8) is 0 Å². The summed E-state index contributed by atoms with van der Waals surface area (Å²) >= 11 is 5.97. The zero-order valence-corrected chi connectivity index (χ0v) is 14.1. The molecule has 0 aliphatic rings. The lowest BCUT2D eigenvalue weighted by atomic mass is 10.1. The van der Waals surface area contributed by atoms with Crippen molar-refractivity contribution in [1.82, 2.24) is 5.32 Å². The second-order valence-corrected chi connectivity index (χ2v) is 6.00. The van der Waals surface area contributed by atoms with Crippen LogP contribution in [0.15, 0.2) is 48.5 Å². The first kappa shape index (κ1) is 16.9. The fraction of sp³-hybridized carbons (Fsp3) is 0.368. The highest BCUT2D eigenvalue weighted by molar-refractivity contribution is 6.30. The topological polar surface area (TPSA) is 21.3 Å². The fourth-order valence-electron chi connectivity index (χ4n) is 2.38. The van der Waals surface area contributed by atoms with Crippen LogP contribution in [0.5, 0.6) is 5.75 Å². The molecule has 0 aliphatic heterocycles. The van der Waals surface area contributed by atoms with Gasteiger partial charge in [-0.1, -0.05) is 42.8 Å². The molecule has 0 radical (unpaired) electrons. The maximum atomic E-state index is 5.97. The average Bonchev–Trinajstić information content (AvgIpc) is 2.52. The normalized spacial score (nSPS) is 12.1. The molecule has 118 valence electrons. The summed E-state index contributed by atoms with van der Waals surface area (Å²) in [5.41, 5.74) is 2.43. The first-order valence-corrected chi connectivity index (χ1v) is 8.24. The van der Waals surface area contributed by atoms with E-state index in [1.54, 1.807) is 0 Å². The molecular weight excluding hydrogens is 294 g/mol. The molecular formula is C19H24ClNO. The first-order valence-electron chi connectivity index (χ1n) is 7.87. The van der Waals surface area contributed by atoms with Crippen LogP contribution in [0.4, 0.5) is 0 Å². The smallest absolute Gasteiger partial charge is 0.119 e. The number of hydrogen-bond acceptors (Lipinski definition) is 2. The van der Waals surface area contributed by atoms with E-state index in [0.29, 0.717) is 12.6 Å². The van der Waals surface area contributed by atoms with Crippen LogP contribution in [0, 0.1) is 0 Å². The molecule has 0 saturated heterocycles. The average molecular weight is 318 g/mol. The molecule has 0 bridgehead atoms. The van der Waals surface area contributed by atoms with Crippen molar-refractivity contribution in [2.75, 3.05) is 6.54 Å². The Morgan fingerprint density at radius 1 is 1.09 bits per heavy atom. The molecule has 0 aliphatic carbocycles. The Hall–Kier alpha value is -1.51. The molecule has 2 aromatic carbocycles. The highest BCUT2D eigenvalue weighted by atomic mass is 35.5. The lowest BCUT2D eigenvalue weighted by molar-refractivity contribution is 0.306. The molecule has 0 amide bonds. The highest BCUT2D eigenvalue weighted by Gasteiger charge is 2.02. The lowest BCUT2D eigenvalue weighted by Gasteiger charge is -2.12. The van der Waals surface area contributed by atoms with Crippen LogP contribution in [0.2, 0.25) is 5.02 Å². The molecule has 2 rings (SSSR count). The minimum Gasteiger partial charge on any atom is -0.489 e. The molecule has 0 heterocycles. The van der Waals surface area contributed by atoms with Crippen LogP contribution in [0.1, 0.15) is 31.4 Å². The number of nitrogens with one attached hydrogen (secondary N) is 1. The number of aryl methyl sites for hydroxylation is 1. The summed E-state index contributed by atoms with van der Waals surface area (Å²) in [5, 5.41) is 4.18. The largest absolute Gasteiger partial charge is 0.489 e. The summed E-state index contributed by atoms with van der Waals surface area (Å²) in [6.45, 7) is 5.93. The van der Waals surface area contributed by atoms with Crippen LogP contribution < -0.4 is 10.1 Å². The van der Waals surface area contributed by atoms with Crippen LogP contribution in [-0.2, 0) is 13.0 Å². The van der Waals surface area contributed by atoms with E-state index in [9.17, 15) is 0 Å². The van der Waals surface area contributed by atoms with E-state index in [-0.39, 0.29) is 0 Å². The monoisotopic (exact) mass is 317 g/mol. The molecule has 1 N–H and O–H groups in total. The van der Waals surface area contributed by atoms with Gasteiger partial charge in [0.15, 0.2) is 0 Å². The van der Waals surface area contributed by atoms with E-state index in [1.807, 2.05) is 36.4 Å². The van der Waals surface area contributed by atoms with Crippen molar-refractivity contribution in [3.05, 3.63) is 64.7 Å². The molecule has 1 atom stereocenters. The number of ether oxygens (including phenoxy) is 1. The van der Waals surface area contributed by atoms with Gasteiger partial charge in [-0.3, -0.25) is 0 Å². The van der Waals surface area contributed by atoms with Crippen LogP contribution in [0.3, 0.4) is 0 Å². The van der Waals surface area contributed by atoms with Crippen molar-refractivity contribution in [1.29, 1.82) is 0 Å². The van der Waals surface area contributed by atoms with Gasteiger partial charge in [-0.05, 0) is 61.7 Å². The van der Waals surface area contributed by atoms with Gasteiger partial charge in [0.2, 0.25) is 0 Å². The maximum Gasteiger partial charge on any atom is 0.119 e. The van der Waals surface area contributed by atoms with E-state index in [2.05, 4.69) is 31.3 Å². The Balaban J connectivity index is 1.81. The molecule has 0 fully saturated rings. The maximum absolute atomic E-state index is 5.97. The Kier molecular flexibility index (Phi) is 6.75. The molecule has 1 unspecified atom stereocenters. The van der Waals surface area contributed by atoms with Gasteiger partial charge in [-0.2, -0.15) is 0 Å². The summed E-state index contributed by atoms with van der Waals surface area (Å²) in [7, 11) is 0. The Labute approximate surface area is 138 Å². The Morgan fingerprint density at radius 3 is 2.55 bits per heavy atom. The van der Waals surface area contributed by atoms with Gasteiger partial charge in [-0.25, -0.2) is 0 Å². The number of rotatable bonds is 8. The lowest BCUT2D eigenvalue weighted by Crippen LogP contribution is -2.25. The fourth-order valence-corrected chi connectivity index (χ4v) is 2.59. The number of halogens is 1. The van der Waals surface area contributed by atoms with Crippen molar-refractivity contribution in [2.45, 2.75) is 39.3 Å². The van der Waals surface area contributed by atoms with Crippen LogP contribution >= 0.6 is 11.6 Å². The van der Waals surface area contributed by atoms with E-state index in [4.69, 9.17) is 16.3 Å². The van der Waals surface area contributed by atoms with E-state index >= 15 is 0 Å². The summed E-state index contributed by atoms with van der Waals surface area (Å²) in [5.74, 6) is 0.892. The first-order chi connectivity index (χ1) is 10.7. The zero-order chi connectivity index (χ0) is 15.8.